The molecule has 4 heteroatoms. The van der Waals surface area contributed by atoms with Crippen molar-refractivity contribution in [3.63, 3.8) is 0 Å². The molecule has 0 fully saturated rings. The molecule has 0 bridgehead atoms. The van der Waals surface area contributed by atoms with Crippen LogP contribution in [0, 0.1) is 6.92 Å². The second kappa shape index (κ2) is 4.39. The monoisotopic (exact) mass is 279 g/mol. The Hall–Kier alpha value is -1.13. The fourth-order valence-corrected chi connectivity index (χ4v) is 2.38. The van der Waals surface area contributed by atoms with Crippen LogP contribution in [0.4, 0.5) is 0 Å². The highest BCUT2D eigenvalue weighted by atomic mass is 79.9. The molecule has 16 heavy (non-hydrogen) atoms. The zero-order valence-electron chi connectivity index (χ0n) is 9.31. The maximum Gasteiger partial charge on any atom is 0.0837 e. The normalized spacial score (nSPS) is 12.8. The summed E-state index contributed by atoms with van der Waals surface area (Å²) in [6, 6.07) is 7.92. The fourth-order valence-electron chi connectivity index (χ4n) is 1.64. The molecule has 0 amide bonds. The predicted octanol–water partition coefficient (Wildman–Crippen LogP) is 2.54. The molecule has 84 valence electrons. The molecule has 1 atom stereocenters. The van der Waals surface area contributed by atoms with Gasteiger partial charge in [0.05, 0.1) is 11.7 Å². The minimum Gasteiger partial charge on any atom is -0.319 e. The second-order valence-corrected chi connectivity index (χ2v) is 4.77. The maximum absolute atomic E-state index is 6.17. The lowest BCUT2D eigenvalue weighted by atomic mass is 10.0. The van der Waals surface area contributed by atoms with E-state index in [1.165, 1.54) is 5.56 Å². The Kier molecular flexibility index (Phi) is 3.12. The maximum atomic E-state index is 6.17. The van der Waals surface area contributed by atoms with E-state index < -0.39 is 0 Å². The van der Waals surface area contributed by atoms with E-state index in [0.29, 0.717) is 0 Å². The first kappa shape index (κ1) is 11.4. The van der Waals surface area contributed by atoms with Gasteiger partial charge < -0.3 is 5.73 Å². The molecule has 0 aliphatic rings. The molecule has 1 aromatic heterocycles. The molecular weight excluding hydrogens is 266 g/mol. The van der Waals surface area contributed by atoms with Crippen molar-refractivity contribution in [2.24, 2.45) is 12.8 Å². The van der Waals surface area contributed by atoms with Crippen LogP contribution in [0.3, 0.4) is 0 Å². The first-order valence-corrected chi connectivity index (χ1v) is 5.88. The number of benzene rings is 1. The van der Waals surface area contributed by atoms with Crippen LogP contribution in [0.25, 0.3) is 0 Å². The van der Waals surface area contributed by atoms with E-state index in [1.54, 1.807) is 4.68 Å². The van der Waals surface area contributed by atoms with Gasteiger partial charge in [0.15, 0.2) is 0 Å². The van der Waals surface area contributed by atoms with Crippen LogP contribution in [0.2, 0.25) is 0 Å². The summed E-state index contributed by atoms with van der Waals surface area (Å²) in [7, 11) is 1.89. The lowest BCUT2D eigenvalue weighted by Crippen LogP contribution is -2.13. The average Bonchev–Trinajstić information content (AvgIpc) is 2.64. The first-order chi connectivity index (χ1) is 7.58. The van der Waals surface area contributed by atoms with Crippen molar-refractivity contribution in [1.82, 2.24) is 9.78 Å². The van der Waals surface area contributed by atoms with E-state index in [2.05, 4.69) is 40.1 Å². The number of halogens is 1. The van der Waals surface area contributed by atoms with Gasteiger partial charge in [-0.05, 0) is 30.2 Å². The van der Waals surface area contributed by atoms with Crippen molar-refractivity contribution < 1.29 is 0 Å². The molecule has 0 saturated carbocycles. The molecule has 1 unspecified atom stereocenters. The number of aryl methyl sites for hydroxylation is 2. The molecule has 0 radical (unpaired) electrons. The standard InChI is InChI=1S/C12H14BrN3/c1-8-3-4-9(10(13)7-8)12(14)11-5-6-16(2)15-11/h3-7,12H,14H2,1-2H3. The zero-order chi connectivity index (χ0) is 11.7. The van der Waals surface area contributed by atoms with Gasteiger partial charge in [0, 0.05) is 17.7 Å². The van der Waals surface area contributed by atoms with Crippen molar-refractivity contribution in [2.75, 3.05) is 0 Å². The van der Waals surface area contributed by atoms with Gasteiger partial charge in [-0.15, -0.1) is 0 Å². The van der Waals surface area contributed by atoms with Gasteiger partial charge in [-0.3, -0.25) is 4.68 Å². The molecule has 2 rings (SSSR count). The second-order valence-electron chi connectivity index (χ2n) is 3.92. The van der Waals surface area contributed by atoms with Crippen LogP contribution < -0.4 is 5.73 Å². The van der Waals surface area contributed by atoms with Gasteiger partial charge in [-0.1, -0.05) is 28.1 Å². The zero-order valence-corrected chi connectivity index (χ0v) is 10.9. The summed E-state index contributed by atoms with van der Waals surface area (Å²) in [5.41, 5.74) is 9.33. The average molecular weight is 280 g/mol. The van der Waals surface area contributed by atoms with E-state index in [4.69, 9.17) is 5.73 Å². The molecule has 2 aromatic rings. The SMILES string of the molecule is Cc1ccc(C(N)c2ccn(C)n2)c(Br)c1. The Balaban J connectivity index is 2.37. The van der Waals surface area contributed by atoms with E-state index in [-0.39, 0.29) is 6.04 Å². The number of nitrogens with zero attached hydrogens (tertiary/aromatic N) is 2. The van der Waals surface area contributed by atoms with Crippen molar-refractivity contribution in [3.05, 3.63) is 51.8 Å². The Morgan fingerprint density at radius 3 is 2.69 bits per heavy atom. The Morgan fingerprint density at radius 1 is 1.38 bits per heavy atom. The summed E-state index contributed by atoms with van der Waals surface area (Å²) in [5, 5.41) is 4.32. The van der Waals surface area contributed by atoms with Crippen molar-refractivity contribution in [3.8, 4) is 0 Å². The van der Waals surface area contributed by atoms with E-state index in [1.807, 2.05) is 25.4 Å². The van der Waals surface area contributed by atoms with E-state index >= 15 is 0 Å². The quantitative estimate of drug-likeness (QED) is 0.918. The van der Waals surface area contributed by atoms with Crippen LogP contribution in [0.1, 0.15) is 22.9 Å². The number of aromatic nitrogens is 2. The van der Waals surface area contributed by atoms with Gasteiger partial charge in [-0.25, -0.2) is 0 Å². The smallest absolute Gasteiger partial charge is 0.0837 e. The molecule has 0 spiro atoms. The molecule has 3 nitrogen and oxygen atoms in total. The van der Waals surface area contributed by atoms with Crippen LogP contribution in [-0.4, -0.2) is 9.78 Å². The van der Waals surface area contributed by atoms with Crippen molar-refractivity contribution in [2.45, 2.75) is 13.0 Å². The topological polar surface area (TPSA) is 43.8 Å². The summed E-state index contributed by atoms with van der Waals surface area (Å²) in [6.45, 7) is 2.06. The van der Waals surface area contributed by atoms with Crippen LogP contribution in [-0.2, 0) is 7.05 Å². The van der Waals surface area contributed by atoms with E-state index in [0.717, 1.165) is 15.7 Å². The van der Waals surface area contributed by atoms with Gasteiger partial charge in [-0.2, -0.15) is 5.10 Å². The molecular formula is C12H14BrN3. The molecule has 1 aromatic carbocycles. The molecule has 2 N–H and O–H groups in total. The third kappa shape index (κ3) is 2.18. The highest BCUT2D eigenvalue weighted by Crippen LogP contribution is 2.26. The summed E-state index contributed by atoms with van der Waals surface area (Å²) >= 11 is 3.54. The minimum atomic E-state index is -0.184. The number of rotatable bonds is 2. The van der Waals surface area contributed by atoms with Crippen molar-refractivity contribution >= 4 is 15.9 Å². The lowest BCUT2D eigenvalue weighted by molar-refractivity contribution is 0.714. The Bertz CT molecular complexity index is 505. The summed E-state index contributed by atoms with van der Waals surface area (Å²) in [6.07, 6.45) is 1.90. The lowest BCUT2D eigenvalue weighted by Gasteiger charge is -2.12. The van der Waals surface area contributed by atoms with Gasteiger partial charge in [0.2, 0.25) is 0 Å². The Morgan fingerprint density at radius 2 is 2.12 bits per heavy atom. The van der Waals surface area contributed by atoms with E-state index in [9.17, 15) is 0 Å². The van der Waals surface area contributed by atoms with Gasteiger partial charge >= 0.3 is 0 Å². The van der Waals surface area contributed by atoms with Gasteiger partial charge in [0.1, 0.15) is 0 Å². The highest BCUT2D eigenvalue weighted by molar-refractivity contribution is 9.10. The van der Waals surface area contributed by atoms with Crippen molar-refractivity contribution in [1.29, 1.82) is 0 Å². The number of hydrogen-bond donors (Lipinski definition) is 1. The van der Waals surface area contributed by atoms with Crippen LogP contribution in [0.15, 0.2) is 34.9 Å². The predicted molar refractivity (Wildman–Crippen MR) is 68.1 cm³/mol. The third-order valence-electron chi connectivity index (χ3n) is 2.54. The first-order valence-electron chi connectivity index (χ1n) is 5.09. The fraction of sp³-hybridized carbons (Fsp3) is 0.250. The third-order valence-corrected chi connectivity index (χ3v) is 3.23. The molecule has 0 aliphatic carbocycles. The number of nitrogens with two attached hydrogens (primary N) is 1. The minimum absolute atomic E-state index is 0.184. The summed E-state index contributed by atoms with van der Waals surface area (Å²) in [4.78, 5) is 0. The molecule has 0 aliphatic heterocycles. The molecule has 0 saturated heterocycles. The van der Waals surface area contributed by atoms with Crippen LogP contribution >= 0.6 is 15.9 Å². The Labute approximate surface area is 103 Å². The summed E-state index contributed by atoms with van der Waals surface area (Å²) < 4.78 is 2.79. The molecule has 1 heterocycles. The largest absolute Gasteiger partial charge is 0.319 e. The van der Waals surface area contributed by atoms with Crippen LogP contribution in [0.5, 0.6) is 0 Å². The number of hydrogen-bond acceptors (Lipinski definition) is 2. The summed E-state index contributed by atoms with van der Waals surface area (Å²) in [5.74, 6) is 0. The van der Waals surface area contributed by atoms with Gasteiger partial charge in [0.25, 0.3) is 0 Å². The highest BCUT2D eigenvalue weighted by Gasteiger charge is 2.14.